The summed E-state index contributed by atoms with van der Waals surface area (Å²) >= 11 is 9.41. The van der Waals surface area contributed by atoms with Gasteiger partial charge in [-0.05, 0) is 37.2 Å². The molecule has 0 atom stereocenters. The van der Waals surface area contributed by atoms with Crippen molar-refractivity contribution in [1.82, 2.24) is 24.1 Å². The second-order valence-electron chi connectivity index (χ2n) is 7.59. The van der Waals surface area contributed by atoms with E-state index < -0.39 is 0 Å². The van der Waals surface area contributed by atoms with Crippen molar-refractivity contribution < 1.29 is 9.84 Å². The van der Waals surface area contributed by atoms with E-state index in [0.29, 0.717) is 40.6 Å². The molecule has 1 aromatic carbocycles. The van der Waals surface area contributed by atoms with Gasteiger partial charge in [0.25, 0.3) is 5.56 Å². The smallest absolute Gasteiger partial charge is 0.268 e. The number of aromatic nitrogens is 4. The van der Waals surface area contributed by atoms with Crippen molar-refractivity contribution in [2.24, 2.45) is 0 Å². The minimum atomic E-state index is -0.0907. The van der Waals surface area contributed by atoms with Crippen molar-refractivity contribution in [2.45, 2.75) is 18.1 Å². The number of aliphatic hydroxyl groups excluding tert-OH is 1. The first-order chi connectivity index (χ1) is 15.6. The molecule has 3 aromatic heterocycles. The molecule has 8 nitrogen and oxygen atoms in total. The number of nitrogens with zero attached hydrogens (tertiary/aromatic N) is 5. The zero-order chi connectivity index (χ0) is 22.2. The molecule has 0 saturated carbocycles. The van der Waals surface area contributed by atoms with E-state index in [9.17, 15) is 4.79 Å². The molecule has 1 N–H and O–H groups in total. The topological polar surface area (TPSA) is 84.9 Å². The molecule has 1 aliphatic heterocycles. The number of ether oxygens (including phenoxy) is 1. The van der Waals surface area contributed by atoms with Gasteiger partial charge >= 0.3 is 0 Å². The summed E-state index contributed by atoms with van der Waals surface area (Å²) in [7, 11) is 2.10. The van der Waals surface area contributed by atoms with Crippen LogP contribution < -0.4 is 5.56 Å². The molecule has 168 valence electrons. The number of benzene rings is 1. The molecule has 1 aliphatic rings. The predicted octanol–water partition coefficient (Wildman–Crippen LogP) is 2.84. The fraction of sp³-hybridized carbons (Fsp3) is 0.381. The molecule has 5 rings (SSSR count). The van der Waals surface area contributed by atoms with Gasteiger partial charge < -0.3 is 14.7 Å². The van der Waals surface area contributed by atoms with E-state index in [-0.39, 0.29) is 12.2 Å². The zero-order valence-corrected chi connectivity index (χ0v) is 19.8. The quantitative estimate of drug-likeness (QED) is 0.314. The number of hydrogen-bond donors (Lipinski definition) is 1. The lowest BCUT2D eigenvalue weighted by Crippen LogP contribution is -2.27. The Morgan fingerprint density at radius 2 is 2.19 bits per heavy atom. The molecule has 0 spiro atoms. The molecular weight excluding hydrogens is 470 g/mol. The van der Waals surface area contributed by atoms with Gasteiger partial charge in [-0.25, -0.2) is 8.97 Å². The van der Waals surface area contributed by atoms with Crippen molar-refractivity contribution in [3.63, 3.8) is 0 Å². The van der Waals surface area contributed by atoms with Crippen LogP contribution in [0, 0.1) is 0 Å². The Morgan fingerprint density at radius 1 is 1.31 bits per heavy atom. The predicted molar refractivity (Wildman–Crippen MR) is 128 cm³/mol. The van der Waals surface area contributed by atoms with Gasteiger partial charge in [-0.3, -0.25) is 4.79 Å². The van der Waals surface area contributed by atoms with Crippen molar-refractivity contribution >= 4 is 50.7 Å². The standard InChI is InChI=1S/C21H22ClN5O3S2/c1-25-6-5-15-16(12-25)32-19-17(15)18(29)26(14-4-2-3-13(22)11-14)20-23-24-21(27(19)20)31-10-9-30-8-7-28/h2-4,11,28H,5-10,12H2,1H3. The van der Waals surface area contributed by atoms with Gasteiger partial charge in [0, 0.05) is 28.7 Å². The molecule has 0 aliphatic carbocycles. The summed E-state index contributed by atoms with van der Waals surface area (Å²) in [6.07, 6.45) is 0.835. The number of aliphatic hydroxyl groups is 1. The van der Waals surface area contributed by atoms with Crippen LogP contribution in [-0.4, -0.2) is 68.3 Å². The highest BCUT2D eigenvalue weighted by molar-refractivity contribution is 7.99. The number of thiophene rings is 1. The Labute approximate surface area is 197 Å². The summed E-state index contributed by atoms with van der Waals surface area (Å²) in [6, 6.07) is 7.24. The Hall–Kier alpha value is -1.95. The molecule has 0 unspecified atom stereocenters. The molecule has 11 heteroatoms. The van der Waals surface area contributed by atoms with Gasteiger partial charge in [0.15, 0.2) is 5.16 Å². The molecule has 0 radical (unpaired) electrons. The van der Waals surface area contributed by atoms with Gasteiger partial charge in [0.05, 0.1) is 30.9 Å². The normalized spacial score (nSPS) is 14.5. The maximum atomic E-state index is 13.8. The summed E-state index contributed by atoms with van der Waals surface area (Å²) in [4.78, 5) is 18.2. The highest BCUT2D eigenvalue weighted by atomic mass is 35.5. The lowest BCUT2D eigenvalue weighted by molar-refractivity contribution is 0.103. The first-order valence-corrected chi connectivity index (χ1v) is 12.5. The second kappa shape index (κ2) is 9.12. The minimum Gasteiger partial charge on any atom is -0.394 e. The number of halogens is 1. The fourth-order valence-electron chi connectivity index (χ4n) is 3.98. The summed E-state index contributed by atoms with van der Waals surface area (Å²) in [6.45, 7) is 2.54. The highest BCUT2D eigenvalue weighted by Crippen LogP contribution is 2.35. The molecule has 4 heterocycles. The van der Waals surface area contributed by atoms with E-state index in [1.807, 2.05) is 16.5 Å². The SMILES string of the molecule is CN1CCc2c(sc3c2c(=O)n(-c2cccc(Cl)c2)c2nnc(SCCOCCO)n32)C1. The maximum absolute atomic E-state index is 13.8. The number of thioether (sulfide) groups is 1. The van der Waals surface area contributed by atoms with E-state index >= 15 is 0 Å². The van der Waals surface area contributed by atoms with E-state index in [1.54, 1.807) is 28.0 Å². The van der Waals surface area contributed by atoms with Gasteiger partial charge in [-0.2, -0.15) is 0 Å². The lowest BCUT2D eigenvalue weighted by atomic mass is 10.1. The van der Waals surface area contributed by atoms with Crippen LogP contribution in [0.4, 0.5) is 0 Å². The third-order valence-corrected chi connectivity index (χ3v) is 7.76. The molecular formula is C21H22ClN5O3S2. The van der Waals surface area contributed by atoms with Crippen LogP contribution in [0.25, 0.3) is 21.7 Å². The van der Waals surface area contributed by atoms with Crippen LogP contribution in [0.5, 0.6) is 0 Å². The van der Waals surface area contributed by atoms with Crippen LogP contribution >= 0.6 is 34.7 Å². The van der Waals surface area contributed by atoms with Crippen LogP contribution in [0.1, 0.15) is 10.4 Å². The summed E-state index contributed by atoms with van der Waals surface area (Å²) < 4.78 is 8.98. The van der Waals surface area contributed by atoms with Crippen molar-refractivity contribution in [2.75, 3.05) is 39.2 Å². The third kappa shape index (κ3) is 3.85. The van der Waals surface area contributed by atoms with Crippen LogP contribution in [-0.2, 0) is 17.7 Å². The van der Waals surface area contributed by atoms with E-state index in [2.05, 4.69) is 22.1 Å². The third-order valence-electron chi connectivity index (χ3n) is 5.43. The molecule has 32 heavy (non-hydrogen) atoms. The maximum Gasteiger partial charge on any atom is 0.268 e. The second-order valence-corrected chi connectivity index (χ2v) is 10.2. The zero-order valence-electron chi connectivity index (χ0n) is 17.5. The summed E-state index contributed by atoms with van der Waals surface area (Å²) in [5.41, 5.74) is 1.70. The van der Waals surface area contributed by atoms with Crippen LogP contribution in [0.2, 0.25) is 5.02 Å². The Bertz CT molecular complexity index is 1350. The monoisotopic (exact) mass is 491 g/mol. The molecule has 0 amide bonds. The van der Waals surface area contributed by atoms with Crippen LogP contribution in [0.3, 0.4) is 0 Å². The fourth-order valence-corrected chi connectivity index (χ4v) is 6.43. The van der Waals surface area contributed by atoms with Gasteiger partial charge in [0.2, 0.25) is 5.78 Å². The highest BCUT2D eigenvalue weighted by Gasteiger charge is 2.26. The van der Waals surface area contributed by atoms with E-state index in [4.69, 9.17) is 21.4 Å². The summed E-state index contributed by atoms with van der Waals surface area (Å²) in [5, 5.41) is 19.7. The van der Waals surface area contributed by atoms with Crippen molar-refractivity contribution in [3.05, 3.63) is 50.1 Å². The Kier molecular flexibility index (Phi) is 6.24. The summed E-state index contributed by atoms with van der Waals surface area (Å²) in [5.74, 6) is 1.13. The molecule has 4 aromatic rings. The average molecular weight is 492 g/mol. The van der Waals surface area contributed by atoms with E-state index in [1.165, 1.54) is 16.6 Å². The molecule has 0 fully saturated rings. The number of hydrogen-bond acceptors (Lipinski definition) is 8. The Balaban J connectivity index is 1.72. The van der Waals surface area contributed by atoms with Crippen molar-refractivity contribution in [1.29, 1.82) is 0 Å². The molecule has 0 saturated heterocycles. The van der Waals surface area contributed by atoms with Gasteiger partial charge in [0.1, 0.15) is 4.83 Å². The Morgan fingerprint density at radius 3 is 3.00 bits per heavy atom. The molecule has 0 bridgehead atoms. The first-order valence-electron chi connectivity index (χ1n) is 10.3. The largest absolute Gasteiger partial charge is 0.394 e. The number of likely N-dealkylation sites (N-methyl/N-ethyl adjacent to an activating group) is 1. The minimum absolute atomic E-state index is 0.000257. The average Bonchev–Trinajstić information content (AvgIpc) is 3.35. The lowest BCUT2D eigenvalue weighted by Gasteiger charge is -2.21. The van der Waals surface area contributed by atoms with Crippen molar-refractivity contribution in [3.8, 4) is 5.69 Å². The van der Waals surface area contributed by atoms with Gasteiger partial charge in [-0.15, -0.1) is 21.5 Å². The van der Waals surface area contributed by atoms with Crippen LogP contribution in [0.15, 0.2) is 34.2 Å². The number of fused-ring (bicyclic) bond motifs is 5. The van der Waals surface area contributed by atoms with Gasteiger partial charge in [-0.1, -0.05) is 29.4 Å². The number of rotatable bonds is 7. The first kappa shape index (κ1) is 21.9. The van der Waals surface area contributed by atoms with E-state index in [0.717, 1.165) is 35.3 Å².